The van der Waals surface area contributed by atoms with Gasteiger partial charge in [0.1, 0.15) is 0 Å². The van der Waals surface area contributed by atoms with Crippen LogP contribution in [0.5, 0.6) is 0 Å². The number of hydrogen-bond donors (Lipinski definition) is 1. The van der Waals surface area contributed by atoms with E-state index in [4.69, 9.17) is 18.0 Å². The highest BCUT2D eigenvalue weighted by Gasteiger charge is 2.27. The highest BCUT2D eigenvalue weighted by atomic mass is 32.1. The van der Waals surface area contributed by atoms with Crippen molar-refractivity contribution in [3.63, 3.8) is 0 Å². The molecule has 0 aromatic heterocycles. The summed E-state index contributed by atoms with van der Waals surface area (Å²) in [6.07, 6.45) is 2.25. The quantitative estimate of drug-likeness (QED) is 0.865. The van der Waals surface area contributed by atoms with Crippen LogP contribution in [0.25, 0.3) is 0 Å². The first-order valence-electron chi connectivity index (χ1n) is 6.47. The van der Waals surface area contributed by atoms with Gasteiger partial charge in [-0.25, -0.2) is 8.78 Å². The number of piperidine rings is 1. The van der Waals surface area contributed by atoms with Crippen LogP contribution >= 0.6 is 12.2 Å². The van der Waals surface area contributed by atoms with E-state index in [1.54, 1.807) is 6.07 Å². The summed E-state index contributed by atoms with van der Waals surface area (Å²) in [6, 6.07) is 3.57. The second-order valence-electron chi connectivity index (χ2n) is 5.22. The van der Waals surface area contributed by atoms with E-state index in [1.165, 1.54) is 12.5 Å². The van der Waals surface area contributed by atoms with E-state index in [-0.39, 0.29) is 6.04 Å². The Morgan fingerprint density at radius 1 is 1.42 bits per heavy atom. The Balaban J connectivity index is 2.28. The number of likely N-dealkylation sites (tertiary alicyclic amines) is 1. The third-order valence-electron chi connectivity index (χ3n) is 3.58. The topological polar surface area (TPSA) is 29.3 Å². The number of thiocarbonyl (C=S) groups is 1. The van der Waals surface area contributed by atoms with Crippen molar-refractivity contribution in [1.29, 1.82) is 0 Å². The molecule has 0 spiro atoms. The third kappa shape index (κ3) is 3.28. The van der Waals surface area contributed by atoms with Crippen molar-refractivity contribution in [3.05, 3.63) is 35.4 Å². The fourth-order valence-electron chi connectivity index (χ4n) is 2.70. The molecule has 2 nitrogen and oxygen atoms in total. The first-order valence-corrected chi connectivity index (χ1v) is 6.88. The average Bonchev–Trinajstić information content (AvgIpc) is 2.33. The van der Waals surface area contributed by atoms with Crippen molar-refractivity contribution < 1.29 is 8.78 Å². The highest BCUT2D eigenvalue weighted by Crippen LogP contribution is 2.28. The zero-order chi connectivity index (χ0) is 14.0. The summed E-state index contributed by atoms with van der Waals surface area (Å²) < 4.78 is 26.4. The molecule has 104 valence electrons. The van der Waals surface area contributed by atoms with Crippen molar-refractivity contribution in [2.24, 2.45) is 11.7 Å². The summed E-state index contributed by atoms with van der Waals surface area (Å²) in [5, 5.41) is 0. The maximum atomic E-state index is 13.4. The van der Waals surface area contributed by atoms with Crippen LogP contribution in [0.15, 0.2) is 18.2 Å². The largest absolute Gasteiger partial charge is 0.392 e. The fourth-order valence-corrected chi connectivity index (χ4v) is 2.98. The summed E-state index contributed by atoms with van der Waals surface area (Å²) in [5.41, 5.74) is 6.43. The van der Waals surface area contributed by atoms with E-state index < -0.39 is 11.6 Å². The van der Waals surface area contributed by atoms with Crippen molar-refractivity contribution in [1.82, 2.24) is 4.90 Å². The van der Waals surface area contributed by atoms with Crippen LogP contribution in [-0.2, 0) is 0 Å². The van der Waals surface area contributed by atoms with Gasteiger partial charge in [0.25, 0.3) is 0 Å². The molecule has 2 N–H and O–H groups in total. The van der Waals surface area contributed by atoms with E-state index in [9.17, 15) is 8.78 Å². The van der Waals surface area contributed by atoms with E-state index in [0.29, 0.717) is 16.5 Å². The predicted octanol–water partition coefficient (Wildman–Crippen LogP) is 3.02. The Labute approximate surface area is 117 Å². The molecule has 1 aromatic rings. The molecule has 0 saturated carbocycles. The molecule has 1 heterocycles. The number of nitrogens with two attached hydrogens (primary N) is 1. The Bertz CT molecular complexity index is 479. The van der Waals surface area contributed by atoms with Gasteiger partial charge in [-0.05, 0) is 43.0 Å². The van der Waals surface area contributed by atoms with E-state index in [0.717, 1.165) is 25.6 Å². The summed E-state index contributed by atoms with van der Waals surface area (Å²) in [7, 11) is 0. The number of nitrogens with zero attached hydrogens (tertiary/aromatic N) is 1. The molecular formula is C14H18F2N2S. The summed E-state index contributed by atoms with van der Waals surface area (Å²) in [5.74, 6) is -1.14. The van der Waals surface area contributed by atoms with Gasteiger partial charge >= 0.3 is 0 Å². The van der Waals surface area contributed by atoms with E-state index in [1.807, 2.05) is 0 Å². The van der Waals surface area contributed by atoms with Crippen LogP contribution in [0, 0.1) is 17.6 Å². The van der Waals surface area contributed by atoms with Crippen molar-refractivity contribution in [3.8, 4) is 0 Å². The van der Waals surface area contributed by atoms with Gasteiger partial charge in [-0.1, -0.05) is 25.2 Å². The van der Waals surface area contributed by atoms with Crippen molar-refractivity contribution in [2.75, 3.05) is 13.1 Å². The van der Waals surface area contributed by atoms with Gasteiger partial charge in [-0.15, -0.1) is 0 Å². The maximum Gasteiger partial charge on any atom is 0.159 e. The molecule has 1 aromatic carbocycles. The monoisotopic (exact) mass is 284 g/mol. The number of benzene rings is 1. The molecule has 19 heavy (non-hydrogen) atoms. The second-order valence-corrected chi connectivity index (χ2v) is 5.69. The Morgan fingerprint density at radius 3 is 2.74 bits per heavy atom. The average molecular weight is 284 g/mol. The van der Waals surface area contributed by atoms with Crippen molar-refractivity contribution >= 4 is 17.2 Å². The smallest absolute Gasteiger partial charge is 0.159 e. The minimum Gasteiger partial charge on any atom is -0.392 e. The van der Waals surface area contributed by atoms with Crippen LogP contribution in [0.2, 0.25) is 0 Å². The molecule has 5 heteroatoms. The maximum absolute atomic E-state index is 13.4. The molecule has 2 atom stereocenters. The molecule has 1 aliphatic rings. The summed E-state index contributed by atoms with van der Waals surface area (Å²) in [4.78, 5) is 2.46. The third-order valence-corrected chi connectivity index (χ3v) is 3.81. The molecule has 0 radical (unpaired) electrons. The molecule has 1 saturated heterocycles. The predicted molar refractivity (Wildman–Crippen MR) is 75.9 cm³/mol. The van der Waals surface area contributed by atoms with Crippen LogP contribution < -0.4 is 5.73 Å². The lowest BCUT2D eigenvalue weighted by Crippen LogP contribution is -2.42. The number of hydrogen-bond acceptors (Lipinski definition) is 2. The summed E-state index contributed by atoms with van der Waals surface area (Å²) >= 11 is 5.11. The molecule has 0 aliphatic carbocycles. The lowest BCUT2D eigenvalue weighted by Gasteiger charge is -2.37. The first-order chi connectivity index (χ1) is 8.99. The van der Waals surface area contributed by atoms with Gasteiger partial charge in [-0.3, -0.25) is 4.90 Å². The van der Waals surface area contributed by atoms with Gasteiger partial charge in [0.05, 0.1) is 11.0 Å². The Hall–Kier alpha value is -1.07. The van der Waals surface area contributed by atoms with Crippen molar-refractivity contribution in [2.45, 2.75) is 25.8 Å². The van der Waals surface area contributed by atoms with Gasteiger partial charge in [0, 0.05) is 6.54 Å². The molecule has 0 amide bonds. The zero-order valence-electron chi connectivity index (χ0n) is 10.9. The molecule has 0 bridgehead atoms. The standard InChI is InChI=1S/C14H18F2N2S/c1-9-3-2-6-18(8-9)13(14(17)19)10-4-5-11(15)12(16)7-10/h4-5,7,9,13H,2-3,6,8H2,1H3,(H2,17,19). The minimum absolute atomic E-state index is 0.306. The minimum atomic E-state index is -0.858. The second kappa shape index (κ2) is 5.92. The lowest BCUT2D eigenvalue weighted by molar-refractivity contribution is 0.162. The van der Waals surface area contributed by atoms with Crippen LogP contribution in [0.1, 0.15) is 31.4 Å². The highest BCUT2D eigenvalue weighted by molar-refractivity contribution is 7.80. The van der Waals surface area contributed by atoms with Crippen LogP contribution in [0.4, 0.5) is 8.78 Å². The van der Waals surface area contributed by atoms with Gasteiger partial charge < -0.3 is 5.73 Å². The van der Waals surface area contributed by atoms with E-state index in [2.05, 4.69) is 11.8 Å². The molecular weight excluding hydrogens is 266 g/mol. The Kier molecular flexibility index (Phi) is 4.47. The molecule has 1 aliphatic heterocycles. The lowest BCUT2D eigenvalue weighted by atomic mass is 9.96. The normalized spacial score (nSPS) is 22.2. The molecule has 2 unspecified atom stereocenters. The van der Waals surface area contributed by atoms with Crippen LogP contribution in [-0.4, -0.2) is 23.0 Å². The number of rotatable bonds is 3. The van der Waals surface area contributed by atoms with Gasteiger partial charge in [0.2, 0.25) is 0 Å². The zero-order valence-corrected chi connectivity index (χ0v) is 11.7. The molecule has 2 rings (SSSR count). The fraction of sp³-hybridized carbons (Fsp3) is 0.500. The van der Waals surface area contributed by atoms with E-state index >= 15 is 0 Å². The van der Waals surface area contributed by atoms with Crippen LogP contribution in [0.3, 0.4) is 0 Å². The van der Waals surface area contributed by atoms with Gasteiger partial charge in [-0.2, -0.15) is 0 Å². The number of halogens is 2. The Morgan fingerprint density at radius 2 is 2.16 bits per heavy atom. The summed E-state index contributed by atoms with van der Waals surface area (Å²) in [6.45, 7) is 3.93. The van der Waals surface area contributed by atoms with Gasteiger partial charge in [0.15, 0.2) is 11.6 Å². The first kappa shape index (κ1) is 14.3. The SMILES string of the molecule is CC1CCCN(C(C(N)=S)c2ccc(F)c(F)c2)C1. The molecule has 1 fully saturated rings.